The predicted octanol–water partition coefficient (Wildman–Crippen LogP) is 1.59. The number of amides is 1. The second-order valence-electron chi connectivity index (χ2n) is 4.90. The van der Waals surface area contributed by atoms with Gasteiger partial charge < -0.3 is 4.42 Å². The molecule has 3 heterocycles. The third-order valence-corrected chi connectivity index (χ3v) is 3.10. The molecule has 0 saturated carbocycles. The molecule has 3 aromatic rings. The largest absolute Gasteiger partial charge is 0.454 e. The van der Waals surface area contributed by atoms with Crippen LogP contribution in [0.5, 0.6) is 0 Å². The van der Waals surface area contributed by atoms with Crippen LogP contribution in [0.15, 0.2) is 58.6 Å². The van der Waals surface area contributed by atoms with Crippen molar-refractivity contribution in [1.29, 1.82) is 0 Å². The highest BCUT2D eigenvalue weighted by atomic mass is 16.6. The van der Waals surface area contributed by atoms with Gasteiger partial charge in [0.2, 0.25) is 0 Å². The standard InChI is InChI=1S/C15H12N6O4/c22-15(19-17-7-11-2-1-5-16-6-11)14-4-3-13(25-14)10-20-9-12(8-18-20)21(23)24/h1-9H,10H2,(H,19,22)/b17-7-. The van der Waals surface area contributed by atoms with E-state index in [-0.39, 0.29) is 18.0 Å². The molecule has 10 heteroatoms. The van der Waals surface area contributed by atoms with Crippen LogP contribution in [-0.4, -0.2) is 31.8 Å². The lowest BCUT2D eigenvalue weighted by Gasteiger charge is -1.98. The third kappa shape index (κ3) is 4.13. The van der Waals surface area contributed by atoms with E-state index in [0.29, 0.717) is 5.76 Å². The summed E-state index contributed by atoms with van der Waals surface area (Å²) in [6.07, 6.45) is 7.11. The fourth-order valence-electron chi connectivity index (χ4n) is 1.95. The molecule has 0 aromatic carbocycles. The van der Waals surface area contributed by atoms with Gasteiger partial charge in [-0.2, -0.15) is 10.2 Å². The first-order chi connectivity index (χ1) is 12.1. The van der Waals surface area contributed by atoms with Gasteiger partial charge >= 0.3 is 11.6 Å². The van der Waals surface area contributed by atoms with Gasteiger partial charge in [-0.3, -0.25) is 24.6 Å². The van der Waals surface area contributed by atoms with Crippen LogP contribution in [0.2, 0.25) is 0 Å². The Labute approximate surface area is 140 Å². The normalized spacial score (nSPS) is 10.9. The number of carbonyl (C=O) groups excluding carboxylic acids is 1. The number of nitro groups is 1. The van der Waals surface area contributed by atoms with Crippen LogP contribution < -0.4 is 5.43 Å². The number of furan rings is 1. The summed E-state index contributed by atoms with van der Waals surface area (Å²) in [5, 5.41) is 18.3. The Morgan fingerprint density at radius 3 is 3.00 bits per heavy atom. The highest BCUT2D eigenvalue weighted by Crippen LogP contribution is 2.12. The first-order valence-electron chi connectivity index (χ1n) is 7.11. The van der Waals surface area contributed by atoms with Gasteiger partial charge in [-0.05, 0) is 18.2 Å². The van der Waals surface area contributed by atoms with Crippen molar-refractivity contribution in [3.8, 4) is 0 Å². The van der Waals surface area contributed by atoms with Gasteiger partial charge in [0.25, 0.3) is 0 Å². The molecular formula is C15H12N6O4. The van der Waals surface area contributed by atoms with E-state index in [1.807, 2.05) is 0 Å². The number of nitrogens with zero attached hydrogens (tertiary/aromatic N) is 5. The summed E-state index contributed by atoms with van der Waals surface area (Å²) in [4.78, 5) is 26.0. The predicted molar refractivity (Wildman–Crippen MR) is 86.0 cm³/mol. The van der Waals surface area contributed by atoms with Gasteiger partial charge in [0, 0.05) is 18.0 Å². The molecule has 0 atom stereocenters. The van der Waals surface area contributed by atoms with Crippen molar-refractivity contribution in [3.05, 3.63) is 76.3 Å². The highest BCUT2D eigenvalue weighted by molar-refractivity contribution is 5.92. The number of pyridine rings is 1. The van der Waals surface area contributed by atoms with Crippen LogP contribution in [0, 0.1) is 10.1 Å². The van der Waals surface area contributed by atoms with Crippen molar-refractivity contribution in [3.63, 3.8) is 0 Å². The zero-order valence-electron chi connectivity index (χ0n) is 12.8. The Hall–Kier alpha value is -3.82. The molecule has 1 amide bonds. The second kappa shape index (κ2) is 7.17. The van der Waals surface area contributed by atoms with Crippen molar-refractivity contribution < 1.29 is 14.1 Å². The Bertz CT molecular complexity index is 915. The summed E-state index contributed by atoms with van der Waals surface area (Å²) < 4.78 is 6.74. The van der Waals surface area contributed by atoms with E-state index >= 15 is 0 Å². The summed E-state index contributed by atoms with van der Waals surface area (Å²) >= 11 is 0. The van der Waals surface area contributed by atoms with Crippen LogP contribution in [0.1, 0.15) is 21.9 Å². The number of hydrogen-bond donors (Lipinski definition) is 1. The zero-order valence-corrected chi connectivity index (χ0v) is 12.8. The number of rotatable bonds is 6. The second-order valence-corrected chi connectivity index (χ2v) is 4.90. The van der Waals surface area contributed by atoms with E-state index in [1.165, 1.54) is 23.2 Å². The Kier molecular flexibility index (Phi) is 4.60. The van der Waals surface area contributed by atoms with Crippen LogP contribution in [0.25, 0.3) is 0 Å². The molecule has 0 radical (unpaired) electrons. The summed E-state index contributed by atoms with van der Waals surface area (Å²) in [5.74, 6) is -0.0165. The van der Waals surface area contributed by atoms with Gasteiger partial charge in [0.05, 0.1) is 17.7 Å². The molecule has 10 nitrogen and oxygen atoms in total. The molecule has 0 bridgehead atoms. The van der Waals surface area contributed by atoms with Crippen molar-refractivity contribution in [1.82, 2.24) is 20.2 Å². The van der Waals surface area contributed by atoms with E-state index in [4.69, 9.17) is 4.42 Å². The smallest absolute Gasteiger partial charge is 0.307 e. The molecule has 1 N–H and O–H groups in total. The Morgan fingerprint density at radius 2 is 2.28 bits per heavy atom. The molecule has 0 aliphatic rings. The molecule has 3 rings (SSSR count). The fourth-order valence-corrected chi connectivity index (χ4v) is 1.95. The van der Waals surface area contributed by atoms with Crippen LogP contribution in [0.4, 0.5) is 5.69 Å². The molecule has 0 unspecified atom stereocenters. The lowest BCUT2D eigenvalue weighted by atomic mass is 10.3. The van der Waals surface area contributed by atoms with Crippen molar-refractivity contribution in [2.45, 2.75) is 6.54 Å². The van der Waals surface area contributed by atoms with E-state index in [1.54, 1.807) is 30.6 Å². The number of hydrazone groups is 1. The molecule has 0 aliphatic carbocycles. The highest BCUT2D eigenvalue weighted by Gasteiger charge is 2.13. The average molecular weight is 340 g/mol. The quantitative estimate of drug-likeness (QED) is 0.412. The Morgan fingerprint density at radius 1 is 1.40 bits per heavy atom. The molecule has 25 heavy (non-hydrogen) atoms. The van der Waals surface area contributed by atoms with Gasteiger partial charge in [-0.25, -0.2) is 5.43 Å². The summed E-state index contributed by atoms with van der Waals surface area (Å²) in [6.45, 7) is 0.167. The van der Waals surface area contributed by atoms with Crippen molar-refractivity contribution in [2.24, 2.45) is 5.10 Å². The maximum Gasteiger partial charge on any atom is 0.307 e. The lowest BCUT2D eigenvalue weighted by molar-refractivity contribution is -0.385. The summed E-state index contributed by atoms with van der Waals surface area (Å²) in [5.41, 5.74) is 2.96. The first-order valence-corrected chi connectivity index (χ1v) is 7.11. The topological polar surface area (TPSA) is 128 Å². The van der Waals surface area contributed by atoms with Crippen LogP contribution in [-0.2, 0) is 6.54 Å². The monoisotopic (exact) mass is 340 g/mol. The van der Waals surface area contributed by atoms with Gasteiger partial charge in [-0.15, -0.1) is 0 Å². The minimum absolute atomic E-state index is 0.0694. The molecule has 0 aliphatic heterocycles. The summed E-state index contributed by atoms with van der Waals surface area (Å²) in [6, 6.07) is 6.62. The molecule has 3 aromatic heterocycles. The van der Waals surface area contributed by atoms with Gasteiger partial charge in [0.15, 0.2) is 5.76 Å². The first kappa shape index (κ1) is 16.1. The fraction of sp³-hybridized carbons (Fsp3) is 0.0667. The number of aromatic nitrogens is 3. The number of hydrogen-bond acceptors (Lipinski definition) is 7. The van der Waals surface area contributed by atoms with E-state index in [0.717, 1.165) is 11.8 Å². The maximum atomic E-state index is 11.9. The van der Waals surface area contributed by atoms with Crippen molar-refractivity contribution >= 4 is 17.8 Å². The minimum atomic E-state index is -0.537. The molecular weight excluding hydrogens is 328 g/mol. The van der Waals surface area contributed by atoms with Crippen molar-refractivity contribution in [2.75, 3.05) is 0 Å². The van der Waals surface area contributed by atoms with Crippen LogP contribution >= 0.6 is 0 Å². The minimum Gasteiger partial charge on any atom is -0.454 e. The molecule has 0 fully saturated rings. The molecule has 0 spiro atoms. The summed E-state index contributed by atoms with van der Waals surface area (Å²) in [7, 11) is 0. The number of nitrogens with one attached hydrogen (secondary N) is 1. The molecule has 0 saturated heterocycles. The van der Waals surface area contributed by atoms with Crippen LogP contribution in [0.3, 0.4) is 0 Å². The van der Waals surface area contributed by atoms with E-state index in [9.17, 15) is 14.9 Å². The molecule has 126 valence electrons. The van der Waals surface area contributed by atoms with E-state index in [2.05, 4.69) is 20.6 Å². The maximum absolute atomic E-state index is 11.9. The zero-order chi connectivity index (χ0) is 17.6. The van der Waals surface area contributed by atoms with E-state index < -0.39 is 10.8 Å². The average Bonchev–Trinajstić information content (AvgIpc) is 3.26. The van der Waals surface area contributed by atoms with Gasteiger partial charge in [-0.1, -0.05) is 6.07 Å². The Balaban J connectivity index is 1.59. The number of carbonyl (C=O) groups is 1. The lowest BCUT2D eigenvalue weighted by Crippen LogP contribution is -2.16. The van der Waals surface area contributed by atoms with Gasteiger partial charge in [0.1, 0.15) is 18.2 Å². The third-order valence-electron chi connectivity index (χ3n) is 3.10. The SMILES string of the molecule is O=C(N/N=C\c1cccnc1)c1ccc(Cn2cc([N+](=O)[O-])cn2)o1.